The molecule has 2 aromatic rings. The lowest BCUT2D eigenvalue weighted by molar-refractivity contribution is 0.284. The van der Waals surface area contributed by atoms with Crippen LogP contribution in [-0.2, 0) is 13.2 Å². The summed E-state index contributed by atoms with van der Waals surface area (Å²) in [6.45, 7) is 0.930. The molecule has 0 saturated heterocycles. The predicted molar refractivity (Wildman–Crippen MR) is 83.9 cm³/mol. The van der Waals surface area contributed by atoms with Crippen molar-refractivity contribution in [1.82, 2.24) is 3.93 Å². The predicted octanol–water partition coefficient (Wildman–Crippen LogP) is 3.87. The number of hydrogen-bond acceptors (Lipinski definition) is 4. The molecule has 2 aromatic carbocycles. The molecule has 0 bridgehead atoms. The zero-order valence-corrected chi connectivity index (χ0v) is 13.2. The quantitative estimate of drug-likeness (QED) is 0.452. The minimum atomic E-state index is 0.461. The number of nitrogens with zero attached hydrogens (tertiary/aromatic N) is 2. The van der Waals surface area contributed by atoms with Gasteiger partial charge in [0.15, 0.2) is 17.7 Å². The molecule has 0 radical (unpaired) electrons. The molecule has 4 nitrogen and oxygen atoms in total. The second-order valence-corrected chi connectivity index (χ2v) is 5.24. The first-order chi connectivity index (χ1) is 10.2. The summed E-state index contributed by atoms with van der Waals surface area (Å²) in [6, 6.07) is 15.6. The fourth-order valence-electron chi connectivity index (χ4n) is 1.86. The van der Waals surface area contributed by atoms with Gasteiger partial charge in [-0.15, -0.1) is 0 Å². The fraction of sp³-hybridized carbons (Fsp3) is 0.188. The molecule has 0 spiro atoms. The molecular weight excluding hydrogens is 332 g/mol. The Morgan fingerprint density at radius 3 is 2.52 bits per heavy atom. The summed E-state index contributed by atoms with van der Waals surface area (Å²) in [4.78, 5) is 0. The Labute approximate surface area is 132 Å². The normalized spacial score (nSPS) is 9.76. The van der Waals surface area contributed by atoms with Gasteiger partial charge < -0.3 is 9.47 Å². The molecule has 108 valence electrons. The summed E-state index contributed by atoms with van der Waals surface area (Å²) in [5, 5.41) is 8.79. The van der Waals surface area contributed by atoms with Crippen LogP contribution in [0.25, 0.3) is 0 Å². The van der Waals surface area contributed by atoms with Crippen molar-refractivity contribution in [3.05, 3.63) is 59.7 Å². The highest BCUT2D eigenvalue weighted by atomic mass is 79.9. The molecule has 0 aromatic heterocycles. The molecule has 5 heteroatoms. The number of benzene rings is 2. The Bertz CT molecular complexity index is 626. The van der Waals surface area contributed by atoms with Crippen molar-refractivity contribution in [1.29, 1.82) is 5.26 Å². The van der Waals surface area contributed by atoms with Crippen molar-refractivity contribution >= 4 is 16.1 Å². The van der Waals surface area contributed by atoms with Crippen LogP contribution in [-0.4, -0.2) is 11.0 Å². The number of methoxy groups -OCH3 is 1. The van der Waals surface area contributed by atoms with E-state index in [0.29, 0.717) is 24.7 Å². The fourth-order valence-corrected chi connectivity index (χ4v) is 2.15. The third kappa shape index (κ3) is 4.40. The monoisotopic (exact) mass is 346 g/mol. The van der Waals surface area contributed by atoms with E-state index < -0.39 is 0 Å². The summed E-state index contributed by atoms with van der Waals surface area (Å²) in [5.41, 5.74) is 2.04. The number of rotatable bonds is 6. The molecule has 0 unspecified atom stereocenters. The SMILES string of the molecule is COc1ccc(CN(Br)C#N)cc1OCc1ccccc1. The Balaban J connectivity index is 2.12. The summed E-state index contributed by atoms with van der Waals surface area (Å²) >= 11 is 3.15. The van der Waals surface area contributed by atoms with E-state index in [9.17, 15) is 0 Å². The maximum atomic E-state index is 8.79. The van der Waals surface area contributed by atoms with Crippen LogP contribution in [0.3, 0.4) is 0 Å². The Morgan fingerprint density at radius 1 is 1.10 bits per heavy atom. The average Bonchev–Trinajstić information content (AvgIpc) is 2.54. The van der Waals surface area contributed by atoms with Gasteiger partial charge in [0.1, 0.15) is 6.61 Å². The summed E-state index contributed by atoms with van der Waals surface area (Å²) in [7, 11) is 1.61. The minimum absolute atomic E-state index is 0.461. The lowest BCUT2D eigenvalue weighted by Crippen LogP contribution is -2.04. The van der Waals surface area contributed by atoms with Gasteiger partial charge in [0.2, 0.25) is 0 Å². The van der Waals surface area contributed by atoms with Gasteiger partial charge in [0.25, 0.3) is 0 Å². The molecule has 0 amide bonds. The topological polar surface area (TPSA) is 45.5 Å². The number of halogens is 1. The summed E-state index contributed by atoms with van der Waals surface area (Å²) in [6.07, 6.45) is 2.00. The third-order valence-corrected chi connectivity index (χ3v) is 3.30. The molecule has 2 rings (SSSR count). The number of hydrogen-bond donors (Lipinski definition) is 0. The Kier molecular flexibility index (Phi) is 5.47. The molecule has 0 aliphatic heterocycles. The van der Waals surface area contributed by atoms with Crippen molar-refractivity contribution in [2.24, 2.45) is 0 Å². The van der Waals surface area contributed by atoms with Gasteiger partial charge in [-0.2, -0.15) is 5.26 Å². The standard InChI is InChI=1S/C16H15BrN2O2/c1-20-15-8-7-14(10-19(17)12-18)9-16(15)21-11-13-5-3-2-4-6-13/h2-9H,10-11H2,1H3. The van der Waals surface area contributed by atoms with Crippen molar-refractivity contribution in [2.75, 3.05) is 7.11 Å². The minimum Gasteiger partial charge on any atom is -0.493 e. The molecule has 0 atom stereocenters. The number of nitriles is 1. The molecule has 21 heavy (non-hydrogen) atoms. The van der Waals surface area contributed by atoms with Gasteiger partial charge in [0.05, 0.1) is 29.8 Å². The van der Waals surface area contributed by atoms with Crippen LogP contribution < -0.4 is 9.47 Å². The first kappa shape index (κ1) is 15.2. The van der Waals surface area contributed by atoms with Crippen LogP contribution in [0, 0.1) is 11.5 Å². The zero-order valence-electron chi connectivity index (χ0n) is 11.6. The molecule has 0 N–H and O–H groups in total. The van der Waals surface area contributed by atoms with Gasteiger partial charge in [0, 0.05) is 0 Å². The van der Waals surface area contributed by atoms with E-state index >= 15 is 0 Å². The van der Waals surface area contributed by atoms with Crippen LogP contribution in [0.2, 0.25) is 0 Å². The molecule has 0 fully saturated rings. The highest BCUT2D eigenvalue weighted by molar-refractivity contribution is 9.07. The van der Waals surface area contributed by atoms with E-state index in [2.05, 4.69) is 16.1 Å². The summed E-state index contributed by atoms with van der Waals surface area (Å²) < 4.78 is 12.5. The van der Waals surface area contributed by atoms with Crippen LogP contribution in [0.4, 0.5) is 0 Å². The zero-order chi connectivity index (χ0) is 15.1. The van der Waals surface area contributed by atoms with E-state index in [1.165, 1.54) is 3.93 Å². The molecule has 0 saturated carbocycles. The van der Waals surface area contributed by atoms with Gasteiger partial charge >= 0.3 is 0 Å². The first-order valence-electron chi connectivity index (χ1n) is 6.39. The molecular formula is C16H15BrN2O2. The Morgan fingerprint density at radius 2 is 1.86 bits per heavy atom. The molecule has 0 aliphatic rings. The van der Waals surface area contributed by atoms with Crippen LogP contribution in [0.15, 0.2) is 48.5 Å². The van der Waals surface area contributed by atoms with Crippen molar-refractivity contribution in [2.45, 2.75) is 13.2 Å². The summed E-state index contributed by atoms with van der Waals surface area (Å²) in [5.74, 6) is 1.34. The lowest BCUT2D eigenvalue weighted by Gasteiger charge is -2.13. The van der Waals surface area contributed by atoms with Crippen molar-refractivity contribution in [3.63, 3.8) is 0 Å². The van der Waals surface area contributed by atoms with E-state index in [-0.39, 0.29) is 0 Å². The second-order valence-electron chi connectivity index (χ2n) is 4.38. The maximum Gasteiger partial charge on any atom is 0.190 e. The van der Waals surface area contributed by atoms with Gasteiger partial charge in [-0.1, -0.05) is 36.4 Å². The third-order valence-electron chi connectivity index (χ3n) is 2.90. The van der Waals surface area contributed by atoms with Gasteiger partial charge in [-0.25, -0.2) is 3.93 Å². The highest BCUT2D eigenvalue weighted by Crippen LogP contribution is 2.29. The van der Waals surface area contributed by atoms with E-state index in [0.717, 1.165) is 11.1 Å². The van der Waals surface area contributed by atoms with E-state index in [1.54, 1.807) is 7.11 Å². The first-order valence-corrected chi connectivity index (χ1v) is 7.10. The number of ether oxygens (including phenoxy) is 2. The van der Waals surface area contributed by atoms with Gasteiger partial charge in [-0.05, 0) is 23.3 Å². The van der Waals surface area contributed by atoms with Crippen LogP contribution in [0.1, 0.15) is 11.1 Å². The molecule has 0 heterocycles. The van der Waals surface area contributed by atoms with Crippen molar-refractivity contribution < 1.29 is 9.47 Å². The lowest BCUT2D eigenvalue weighted by atomic mass is 10.2. The second kappa shape index (κ2) is 7.55. The smallest absolute Gasteiger partial charge is 0.190 e. The van der Waals surface area contributed by atoms with Crippen molar-refractivity contribution in [3.8, 4) is 17.7 Å². The maximum absolute atomic E-state index is 8.79. The van der Waals surface area contributed by atoms with Gasteiger partial charge in [-0.3, -0.25) is 0 Å². The molecule has 0 aliphatic carbocycles. The van der Waals surface area contributed by atoms with E-state index in [1.807, 2.05) is 54.7 Å². The largest absolute Gasteiger partial charge is 0.493 e. The van der Waals surface area contributed by atoms with Crippen LogP contribution in [0.5, 0.6) is 11.5 Å². The van der Waals surface area contributed by atoms with Crippen LogP contribution >= 0.6 is 16.1 Å². The van der Waals surface area contributed by atoms with E-state index in [4.69, 9.17) is 14.7 Å². The highest BCUT2D eigenvalue weighted by Gasteiger charge is 2.08. The average molecular weight is 347 g/mol. The Hall–Kier alpha value is -2.19.